The van der Waals surface area contributed by atoms with Crippen molar-refractivity contribution in [2.75, 3.05) is 20.3 Å². The van der Waals surface area contributed by atoms with Crippen LogP contribution in [-0.4, -0.2) is 44.7 Å². The fraction of sp³-hybridized carbons (Fsp3) is 0.185. The molecule has 3 aromatic carbocycles. The molecular weight excluding hydrogens is 514 g/mol. The molecule has 1 aliphatic heterocycles. The van der Waals surface area contributed by atoms with Crippen LogP contribution in [0.5, 0.6) is 17.2 Å². The summed E-state index contributed by atoms with van der Waals surface area (Å²) in [4.78, 5) is 26.7. The van der Waals surface area contributed by atoms with Gasteiger partial charge in [0.2, 0.25) is 0 Å². The first-order valence-corrected chi connectivity index (χ1v) is 13.5. The highest BCUT2D eigenvalue weighted by Gasteiger charge is 2.34. The summed E-state index contributed by atoms with van der Waals surface area (Å²) >= 11 is 0.820. The maximum atomic E-state index is 12.9. The molecule has 192 valence electrons. The summed E-state index contributed by atoms with van der Waals surface area (Å²) in [6, 6.07) is 17.9. The van der Waals surface area contributed by atoms with Gasteiger partial charge in [-0.05, 0) is 90.8 Å². The third-order valence-electron chi connectivity index (χ3n) is 5.50. The zero-order valence-corrected chi connectivity index (χ0v) is 22.1. The second kappa shape index (κ2) is 11.1. The standard InChI is InChI=1S/C27H25NO7S2/c1-18-7-8-19(2)24(15-18)34-14-13-28-26(29)25(36-27(28)30)17-20-5-4-6-22(16-20)35-37(31,32)23-11-9-21(33-3)10-12-23/h4-12,15-17H,13-14H2,1-3H3/b25-17-. The van der Waals surface area contributed by atoms with E-state index in [-0.39, 0.29) is 28.7 Å². The molecule has 1 aliphatic rings. The fourth-order valence-corrected chi connectivity index (χ4v) is 5.31. The van der Waals surface area contributed by atoms with Crippen LogP contribution in [0.4, 0.5) is 4.79 Å². The van der Waals surface area contributed by atoms with Crippen LogP contribution in [0.15, 0.2) is 76.5 Å². The second-order valence-corrected chi connectivity index (χ2v) is 10.8. The van der Waals surface area contributed by atoms with Gasteiger partial charge in [-0.2, -0.15) is 8.42 Å². The highest BCUT2D eigenvalue weighted by molar-refractivity contribution is 8.18. The number of hydrogen-bond acceptors (Lipinski definition) is 8. The first-order valence-electron chi connectivity index (χ1n) is 11.3. The highest BCUT2D eigenvalue weighted by atomic mass is 32.2. The van der Waals surface area contributed by atoms with Crippen LogP contribution in [0.3, 0.4) is 0 Å². The summed E-state index contributed by atoms with van der Waals surface area (Å²) in [5.41, 5.74) is 2.54. The number of benzene rings is 3. The molecule has 0 N–H and O–H groups in total. The molecule has 0 radical (unpaired) electrons. The van der Waals surface area contributed by atoms with E-state index in [4.69, 9.17) is 13.7 Å². The second-order valence-electron chi connectivity index (χ2n) is 8.24. The third kappa shape index (κ3) is 6.33. The van der Waals surface area contributed by atoms with E-state index in [1.807, 2.05) is 32.0 Å². The van der Waals surface area contributed by atoms with Crippen LogP contribution in [0, 0.1) is 13.8 Å². The molecule has 0 spiro atoms. The van der Waals surface area contributed by atoms with E-state index in [2.05, 4.69) is 0 Å². The minimum atomic E-state index is -4.07. The van der Waals surface area contributed by atoms with Crippen molar-refractivity contribution in [2.24, 2.45) is 0 Å². The molecule has 1 heterocycles. The third-order valence-corrected chi connectivity index (χ3v) is 7.67. The predicted octanol–water partition coefficient (Wildman–Crippen LogP) is 5.20. The van der Waals surface area contributed by atoms with Gasteiger partial charge >= 0.3 is 10.1 Å². The number of ether oxygens (including phenoxy) is 2. The van der Waals surface area contributed by atoms with Gasteiger partial charge in [0.25, 0.3) is 11.1 Å². The number of carbonyl (C=O) groups is 2. The maximum Gasteiger partial charge on any atom is 0.339 e. The molecule has 8 nitrogen and oxygen atoms in total. The summed E-state index contributed by atoms with van der Waals surface area (Å²) in [5.74, 6) is 0.873. The minimum Gasteiger partial charge on any atom is -0.497 e. The number of methoxy groups -OCH3 is 1. The molecule has 4 rings (SSSR count). The highest BCUT2D eigenvalue weighted by Crippen LogP contribution is 2.33. The molecule has 10 heteroatoms. The normalized spacial score (nSPS) is 14.8. The van der Waals surface area contributed by atoms with Crippen LogP contribution >= 0.6 is 11.8 Å². The molecule has 0 aliphatic carbocycles. The minimum absolute atomic E-state index is 0.0251. The zero-order chi connectivity index (χ0) is 26.6. The predicted molar refractivity (Wildman–Crippen MR) is 141 cm³/mol. The number of hydrogen-bond donors (Lipinski definition) is 0. The SMILES string of the molecule is COc1ccc(S(=O)(=O)Oc2cccc(/C=C3\SC(=O)N(CCOc4cc(C)ccc4C)C3=O)c2)cc1. The van der Waals surface area contributed by atoms with Crippen molar-refractivity contribution in [3.8, 4) is 17.2 Å². The largest absolute Gasteiger partial charge is 0.497 e. The molecule has 37 heavy (non-hydrogen) atoms. The molecule has 0 atom stereocenters. The first kappa shape index (κ1) is 26.3. The molecule has 0 bridgehead atoms. The van der Waals surface area contributed by atoms with Crippen LogP contribution in [0.1, 0.15) is 16.7 Å². The average Bonchev–Trinajstić information content (AvgIpc) is 3.13. The van der Waals surface area contributed by atoms with Gasteiger partial charge in [-0.25, -0.2) is 0 Å². The van der Waals surface area contributed by atoms with E-state index in [0.29, 0.717) is 17.1 Å². The maximum absolute atomic E-state index is 12.9. The van der Waals surface area contributed by atoms with Crippen molar-refractivity contribution in [2.45, 2.75) is 18.7 Å². The lowest BCUT2D eigenvalue weighted by atomic mass is 10.1. The van der Waals surface area contributed by atoms with Crippen molar-refractivity contribution >= 4 is 39.1 Å². The molecule has 1 fully saturated rings. The number of aryl methyl sites for hydroxylation is 2. The molecule has 0 saturated carbocycles. The Labute approximate surface area is 220 Å². The van der Waals surface area contributed by atoms with Crippen molar-refractivity contribution in [3.05, 3.63) is 88.3 Å². The number of carbonyl (C=O) groups excluding carboxylic acids is 2. The van der Waals surface area contributed by atoms with Gasteiger partial charge in [0.05, 0.1) is 18.6 Å². The number of thioether (sulfide) groups is 1. The van der Waals surface area contributed by atoms with E-state index in [1.165, 1.54) is 49.6 Å². The van der Waals surface area contributed by atoms with Gasteiger partial charge in [-0.1, -0.05) is 24.3 Å². The smallest absolute Gasteiger partial charge is 0.339 e. The van der Waals surface area contributed by atoms with Crippen LogP contribution in [-0.2, 0) is 14.9 Å². The topological polar surface area (TPSA) is 99.2 Å². The van der Waals surface area contributed by atoms with E-state index >= 15 is 0 Å². The Hall–Kier alpha value is -3.76. The molecule has 3 aromatic rings. The Kier molecular flexibility index (Phi) is 7.89. The van der Waals surface area contributed by atoms with Gasteiger partial charge in [0.1, 0.15) is 28.8 Å². The Morgan fingerprint density at radius 3 is 2.43 bits per heavy atom. The van der Waals surface area contributed by atoms with Gasteiger partial charge in [0, 0.05) is 0 Å². The average molecular weight is 540 g/mol. The van der Waals surface area contributed by atoms with Gasteiger partial charge in [-0.15, -0.1) is 0 Å². The first-order chi connectivity index (χ1) is 17.7. The molecule has 2 amide bonds. The number of rotatable bonds is 9. The van der Waals surface area contributed by atoms with E-state index in [9.17, 15) is 18.0 Å². The van der Waals surface area contributed by atoms with Crippen molar-refractivity contribution in [1.82, 2.24) is 4.90 Å². The molecular formula is C27H25NO7S2. The van der Waals surface area contributed by atoms with Crippen molar-refractivity contribution in [3.63, 3.8) is 0 Å². The van der Waals surface area contributed by atoms with E-state index < -0.39 is 21.3 Å². The molecule has 0 unspecified atom stereocenters. The lowest BCUT2D eigenvalue weighted by Gasteiger charge is -2.14. The molecule has 1 saturated heterocycles. The fourth-order valence-electron chi connectivity index (χ4n) is 3.53. The van der Waals surface area contributed by atoms with Crippen LogP contribution in [0.2, 0.25) is 0 Å². The number of amides is 2. The summed E-state index contributed by atoms with van der Waals surface area (Å²) in [5, 5.41) is -0.393. The number of nitrogens with zero attached hydrogens (tertiary/aromatic N) is 1. The summed E-state index contributed by atoms with van der Waals surface area (Å²) in [6.07, 6.45) is 1.53. The Morgan fingerprint density at radius 2 is 1.70 bits per heavy atom. The monoisotopic (exact) mass is 539 g/mol. The number of imide groups is 1. The van der Waals surface area contributed by atoms with Crippen LogP contribution < -0.4 is 13.7 Å². The van der Waals surface area contributed by atoms with Gasteiger partial charge < -0.3 is 13.7 Å². The summed E-state index contributed by atoms with van der Waals surface area (Å²) in [7, 11) is -2.59. The quantitative estimate of drug-likeness (QED) is 0.270. The molecule has 0 aromatic heterocycles. The van der Waals surface area contributed by atoms with E-state index in [0.717, 1.165) is 27.8 Å². The Balaban J connectivity index is 1.43. The van der Waals surface area contributed by atoms with Gasteiger partial charge in [-0.3, -0.25) is 14.5 Å². The van der Waals surface area contributed by atoms with Gasteiger partial charge in [0.15, 0.2) is 0 Å². The Morgan fingerprint density at radius 1 is 0.946 bits per heavy atom. The summed E-state index contributed by atoms with van der Waals surface area (Å²) in [6.45, 7) is 4.17. The van der Waals surface area contributed by atoms with E-state index in [1.54, 1.807) is 12.1 Å². The van der Waals surface area contributed by atoms with Crippen molar-refractivity contribution < 1.29 is 31.7 Å². The van der Waals surface area contributed by atoms with Crippen LogP contribution in [0.25, 0.3) is 6.08 Å². The Bertz CT molecular complexity index is 1460. The zero-order valence-electron chi connectivity index (χ0n) is 20.5. The summed E-state index contributed by atoms with van der Waals surface area (Å²) < 4.78 is 41.4. The van der Waals surface area contributed by atoms with Crippen molar-refractivity contribution in [1.29, 1.82) is 0 Å². The lowest BCUT2D eigenvalue weighted by Crippen LogP contribution is -2.32. The lowest BCUT2D eigenvalue weighted by molar-refractivity contribution is -0.123.